The number of nitrogens with zero attached hydrogens (tertiary/aromatic N) is 2. The highest BCUT2D eigenvalue weighted by atomic mass is 16.5. The number of methoxy groups -OCH3 is 1. The number of hydrogen-bond acceptors (Lipinski definition) is 6. The van der Waals surface area contributed by atoms with Crippen molar-refractivity contribution in [3.8, 4) is 28.6 Å². The lowest BCUT2D eigenvalue weighted by Gasteiger charge is -2.11. The van der Waals surface area contributed by atoms with Gasteiger partial charge in [0.25, 0.3) is 5.91 Å². The van der Waals surface area contributed by atoms with Crippen LogP contribution in [0, 0.1) is 6.92 Å². The molecule has 0 atom stereocenters. The van der Waals surface area contributed by atoms with Crippen LogP contribution in [0.15, 0.2) is 60.7 Å². The van der Waals surface area contributed by atoms with Gasteiger partial charge in [-0.3, -0.25) is 4.79 Å². The van der Waals surface area contributed by atoms with Crippen LogP contribution in [0.3, 0.4) is 0 Å². The monoisotopic (exact) mass is 393 g/mol. The maximum absolute atomic E-state index is 11.9. The fourth-order valence-electron chi connectivity index (χ4n) is 2.59. The minimum atomic E-state index is -0.248. The van der Waals surface area contributed by atoms with Crippen molar-refractivity contribution in [2.45, 2.75) is 6.92 Å². The van der Waals surface area contributed by atoms with Gasteiger partial charge < -0.3 is 19.5 Å². The molecule has 0 saturated carbocycles. The van der Waals surface area contributed by atoms with Crippen LogP contribution in [0.25, 0.3) is 11.3 Å². The van der Waals surface area contributed by atoms with Gasteiger partial charge in [-0.1, -0.05) is 36.4 Å². The number of benzene rings is 2. The molecule has 0 aliphatic heterocycles. The van der Waals surface area contributed by atoms with Gasteiger partial charge in [-0.15, -0.1) is 10.2 Å². The average Bonchev–Trinajstić information content (AvgIpc) is 2.76. The van der Waals surface area contributed by atoms with E-state index < -0.39 is 0 Å². The Hall–Kier alpha value is -3.61. The molecule has 0 aliphatic rings. The Labute approximate surface area is 169 Å². The van der Waals surface area contributed by atoms with Crippen LogP contribution in [-0.2, 0) is 4.79 Å². The molecule has 150 valence electrons. The Balaban J connectivity index is 1.38. The number of carbonyl (C=O) groups excluding carboxylic acids is 1. The minimum absolute atomic E-state index is 0.106. The molecule has 0 saturated heterocycles. The van der Waals surface area contributed by atoms with Crippen molar-refractivity contribution in [2.24, 2.45) is 0 Å². The fraction of sp³-hybridized carbons (Fsp3) is 0.227. The maximum Gasteiger partial charge on any atom is 0.258 e. The summed E-state index contributed by atoms with van der Waals surface area (Å²) in [6.45, 7) is 2.46. The third-order valence-corrected chi connectivity index (χ3v) is 4.06. The SMILES string of the molecule is COc1cc(C)ccc1OCC(=O)NCCOc1ccc(-c2ccccc2)nn1. The van der Waals surface area contributed by atoms with Crippen molar-refractivity contribution in [3.05, 3.63) is 66.2 Å². The second kappa shape index (κ2) is 10.1. The lowest BCUT2D eigenvalue weighted by Crippen LogP contribution is -2.32. The summed E-state index contributed by atoms with van der Waals surface area (Å²) in [4.78, 5) is 11.9. The number of rotatable bonds is 9. The van der Waals surface area contributed by atoms with Crippen LogP contribution >= 0.6 is 0 Å². The molecule has 3 rings (SSSR count). The molecule has 7 nitrogen and oxygen atoms in total. The quantitative estimate of drug-likeness (QED) is 0.563. The summed E-state index contributed by atoms with van der Waals surface area (Å²) in [5, 5.41) is 10.9. The van der Waals surface area contributed by atoms with E-state index in [1.807, 2.05) is 55.5 Å². The lowest BCUT2D eigenvalue weighted by atomic mass is 10.1. The van der Waals surface area contributed by atoms with Crippen molar-refractivity contribution in [2.75, 3.05) is 26.9 Å². The molecule has 1 amide bonds. The number of amides is 1. The number of carbonyl (C=O) groups is 1. The van der Waals surface area contributed by atoms with E-state index >= 15 is 0 Å². The normalized spacial score (nSPS) is 10.3. The van der Waals surface area contributed by atoms with E-state index in [1.54, 1.807) is 19.2 Å². The Morgan fingerprint density at radius 3 is 2.52 bits per heavy atom. The Kier molecular flexibility index (Phi) is 7.00. The molecule has 29 heavy (non-hydrogen) atoms. The van der Waals surface area contributed by atoms with E-state index in [9.17, 15) is 4.79 Å². The van der Waals surface area contributed by atoms with Gasteiger partial charge in [0.15, 0.2) is 18.1 Å². The Morgan fingerprint density at radius 2 is 1.79 bits per heavy atom. The van der Waals surface area contributed by atoms with Crippen molar-refractivity contribution in [1.29, 1.82) is 0 Å². The van der Waals surface area contributed by atoms with Gasteiger partial charge in [0.1, 0.15) is 6.61 Å². The fourth-order valence-corrected chi connectivity index (χ4v) is 2.59. The van der Waals surface area contributed by atoms with Crippen molar-refractivity contribution in [1.82, 2.24) is 15.5 Å². The van der Waals surface area contributed by atoms with Gasteiger partial charge >= 0.3 is 0 Å². The number of ether oxygens (including phenoxy) is 3. The number of aryl methyl sites for hydroxylation is 1. The smallest absolute Gasteiger partial charge is 0.258 e. The summed E-state index contributed by atoms with van der Waals surface area (Å²) in [6, 6.07) is 18.9. The zero-order chi connectivity index (χ0) is 20.5. The molecule has 0 spiro atoms. The molecule has 1 heterocycles. The van der Waals surface area contributed by atoms with Gasteiger partial charge in [-0.2, -0.15) is 0 Å². The zero-order valence-corrected chi connectivity index (χ0v) is 16.4. The van der Waals surface area contributed by atoms with Gasteiger partial charge in [0.2, 0.25) is 5.88 Å². The first-order valence-corrected chi connectivity index (χ1v) is 9.22. The molecule has 0 radical (unpaired) electrons. The first-order valence-electron chi connectivity index (χ1n) is 9.22. The summed E-state index contributed by atoms with van der Waals surface area (Å²) in [6.07, 6.45) is 0. The van der Waals surface area contributed by atoms with Crippen molar-refractivity contribution in [3.63, 3.8) is 0 Å². The van der Waals surface area contributed by atoms with Crippen molar-refractivity contribution >= 4 is 5.91 Å². The molecule has 7 heteroatoms. The van der Waals surface area contributed by atoms with Crippen LogP contribution < -0.4 is 19.5 Å². The minimum Gasteiger partial charge on any atom is -0.493 e. The summed E-state index contributed by atoms with van der Waals surface area (Å²) in [5.74, 6) is 1.28. The van der Waals surface area contributed by atoms with Gasteiger partial charge in [0, 0.05) is 11.6 Å². The van der Waals surface area contributed by atoms with E-state index in [-0.39, 0.29) is 19.1 Å². The number of aromatic nitrogens is 2. The first kappa shape index (κ1) is 20.1. The number of hydrogen-bond donors (Lipinski definition) is 1. The van der Waals surface area contributed by atoms with Crippen LogP contribution in [0.5, 0.6) is 17.4 Å². The highest BCUT2D eigenvalue weighted by Crippen LogP contribution is 2.27. The van der Waals surface area contributed by atoms with Crippen molar-refractivity contribution < 1.29 is 19.0 Å². The summed E-state index contributed by atoms with van der Waals surface area (Å²) < 4.78 is 16.3. The van der Waals surface area contributed by atoms with Gasteiger partial charge in [0.05, 0.1) is 19.3 Å². The zero-order valence-electron chi connectivity index (χ0n) is 16.4. The third kappa shape index (κ3) is 5.93. The van der Waals surface area contributed by atoms with Crippen LogP contribution in [0.1, 0.15) is 5.56 Å². The Morgan fingerprint density at radius 1 is 0.966 bits per heavy atom. The van der Waals surface area contributed by atoms with E-state index in [4.69, 9.17) is 14.2 Å². The second-order valence-electron chi connectivity index (χ2n) is 6.26. The lowest BCUT2D eigenvalue weighted by molar-refractivity contribution is -0.123. The second-order valence-corrected chi connectivity index (χ2v) is 6.26. The molecule has 3 aromatic rings. The van der Waals surface area contributed by atoms with E-state index in [1.165, 1.54) is 0 Å². The predicted octanol–water partition coefficient (Wildman–Crippen LogP) is 3.03. The molecule has 0 bridgehead atoms. The molecule has 2 aromatic carbocycles. The molecule has 0 fully saturated rings. The van der Waals surface area contributed by atoms with E-state index in [0.29, 0.717) is 23.9 Å². The summed E-state index contributed by atoms with van der Waals surface area (Å²) in [5.41, 5.74) is 2.81. The van der Waals surface area contributed by atoms with Crippen LogP contribution in [-0.4, -0.2) is 43.0 Å². The number of nitrogens with one attached hydrogen (secondary N) is 1. The first-order chi connectivity index (χ1) is 14.2. The largest absolute Gasteiger partial charge is 0.493 e. The highest BCUT2D eigenvalue weighted by molar-refractivity contribution is 5.77. The summed E-state index contributed by atoms with van der Waals surface area (Å²) >= 11 is 0. The molecule has 1 N–H and O–H groups in total. The predicted molar refractivity (Wildman–Crippen MR) is 109 cm³/mol. The van der Waals surface area contributed by atoms with Crippen LogP contribution in [0.2, 0.25) is 0 Å². The topological polar surface area (TPSA) is 82.6 Å². The summed E-state index contributed by atoms with van der Waals surface area (Å²) in [7, 11) is 1.56. The van der Waals surface area contributed by atoms with Crippen LogP contribution in [0.4, 0.5) is 0 Å². The highest BCUT2D eigenvalue weighted by Gasteiger charge is 2.08. The molecular weight excluding hydrogens is 370 g/mol. The van der Waals surface area contributed by atoms with Gasteiger partial charge in [-0.25, -0.2) is 0 Å². The van der Waals surface area contributed by atoms with E-state index in [2.05, 4.69) is 15.5 Å². The molecule has 0 unspecified atom stereocenters. The average molecular weight is 393 g/mol. The Bertz CT molecular complexity index is 931. The molecule has 0 aliphatic carbocycles. The van der Waals surface area contributed by atoms with E-state index in [0.717, 1.165) is 16.8 Å². The van der Waals surface area contributed by atoms with Gasteiger partial charge in [-0.05, 0) is 30.7 Å². The molecular formula is C22H23N3O4. The molecule has 1 aromatic heterocycles. The third-order valence-electron chi connectivity index (χ3n) is 4.06. The maximum atomic E-state index is 11.9. The standard InChI is InChI=1S/C22H23N3O4/c1-16-8-10-19(20(14-16)27-2)29-15-21(26)23-12-13-28-22-11-9-18(24-25-22)17-6-4-3-5-7-17/h3-11,14H,12-13,15H2,1-2H3,(H,23,26).